The van der Waals surface area contributed by atoms with E-state index in [1.54, 1.807) is 6.92 Å². The highest BCUT2D eigenvalue weighted by Crippen LogP contribution is 2.14. The number of hydrogen-bond acceptors (Lipinski definition) is 5. The average molecular weight is 361 g/mol. The summed E-state index contributed by atoms with van der Waals surface area (Å²) < 4.78 is 4.82. The van der Waals surface area contributed by atoms with Crippen molar-refractivity contribution in [3.63, 3.8) is 0 Å². The Kier molecular flexibility index (Phi) is 7.59. The molecule has 1 saturated heterocycles. The summed E-state index contributed by atoms with van der Waals surface area (Å²) in [5.41, 5.74) is 2.29. The Morgan fingerprint density at radius 3 is 2.73 bits per heavy atom. The lowest BCUT2D eigenvalue weighted by atomic mass is 10.1. The van der Waals surface area contributed by atoms with Gasteiger partial charge in [-0.25, -0.2) is 0 Å². The van der Waals surface area contributed by atoms with Crippen LogP contribution in [0.15, 0.2) is 24.3 Å². The van der Waals surface area contributed by atoms with Crippen LogP contribution in [0.3, 0.4) is 0 Å². The van der Waals surface area contributed by atoms with E-state index in [1.165, 1.54) is 5.56 Å². The number of carbonyl (C=O) groups is 3. The number of carbonyl (C=O) groups excluding carboxylic acids is 3. The summed E-state index contributed by atoms with van der Waals surface area (Å²) in [5.74, 6) is -0.724. The molecule has 1 fully saturated rings. The maximum absolute atomic E-state index is 12.2. The Morgan fingerprint density at radius 2 is 2.04 bits per heavy atom. The highest BCUT2D eigenvalue weighted by molar-refractivity contribution is 5.89. The number of aryl methyl sites for hydroxylation is 1. The Labute approximate surface area is 154 Å². The fraction of sp³-hybridized carbons (Fsp3) is 0.526. The Bertz CT molecular complexity index is 630. The molecule has 7 heteroatoms. The summed E-state index contributed by atoms with van der Waals surface area (Å²) in [7, 11) is 0. The third kappa shape index (κ3) is 6.15. The van der Waals surface area contributed by atoms with Crippen LogP contribution >= 0.6 is 0 Å². The van der Waals surface area contributed by atoms with Crippen molar-refractivity contribution in [1.82, 2.24) is 15.5 Å². The predicted molar refractivity (Wildman–Crippen MR) is 97.3 cm³/mol. The van der Waals surface area contributed by atoms with Gasteiger partial charge in [-0.15, -0.1) is 0 Å². The molecule has 1 aromatic carbocycles. The molecule has 2 rings (SSSR count). The van der Waals surface area contributed by atoms with Crippen LogP contribution in [-0.4, -0.2) is 55.0 Å². The van der Waals surface area contributed by atoms with E-state index in [0.29, 0.717) is 26.2 Å². The van der Waals surface area contributed by atoms with Gasteiger partial charge >= 0.3 is 5.97 Å². The third-order valence-corrected chi connectivity index (χ3v) is 4.28. The van der Waals surface area contributed by atoms with Gasteiger partial charge in [-0.2, -0.15) is 0 Å². The molecule has 1 atom stereocenters. The molecule has 0 aliphatic carbocycles. The van der Waals surface area contributed by atoms with Crippen molar-refractivity contribution in [1.29, 1.82) is 0 Å². The van der Waals surface area contributed by atoms with Gasteiger partial charge in [-0.3, -0.25) is 19.3 Å². The van der Waals surface area contributed by atoms with Crippen LogP contribution in [0.1, 0.15) is 30.9 Å². The first kappa shape index (κ1) is 19.9. The number of esters is 1. The molecule has 1 aliphatic rings. The van der Waals surface area contributed by atoms with Crippen molar-refractivity contribution in [2.45, 2.75) is 39.3 Å². The summed E-state index contributed by atoms with van der Waals surface area (Å²) >= 11 is 0. The van der Waals surface area contributed by atoms with Gasteiger partial charge in [0.25, 0.3) is 0 Å². The molecule has 26 heavy (non-hydrogen) atoms. The van der Waals surface area contributed by atoms with E-state index in [2.05, 4.69) is 10.6 Å². The number of hydrogen-bond donors (Lipinski definition) is 2. The molecule has 2 amide bonds. The van der Waals surface area contributed by atoms with E-state index in [4.69, 9.17) is 4.74 Å². The van der Waals surface area contributed by atoms with Crippen LogP contribution in [0.4, 0.5) is 0 Å². The summed E-state index contributed by atoms with van der Waals surface area (Å²) in [6, 6.07) is 7.65. The first-order valence-corrected chi connectivity index (χ1v) is 8.99. The van der Waals surface area contributed by atoms with Gasteiger partial charge in [0.1, 0.15) is 0 Å². The molecule has 7 nitrogen and oxygen atoms in total. The molecule has 0 aromatic heterocycles. The maximum Gasteiger partial charge on any atom is 0.307 e. The molecule has 1 heterocycles. The summed E-state index contributed by atoms with van der Waals surface area (Å²) in [6.45, 7) is 6.19. The molecule has 142 valence electrons. The number of benzene rings is 1. The lowest BCUT2D eigenvalue weighted by Crippen LogP contribution is -2.56. The minimum Gasteiger partial charge on any atom is -0.466 e. The second-order valence-electron chi connectivity index (χ2n) is 6.37. The Hall–Kier alpha value is -2.41. The largest absolute Gasteiger partial charge is 0.466 e. The monoisotopic (exact) mass is 361 g/mol. The van der Waals surface area contributed by atoms with Gasteiger partial charge in [-0.1, -0.05) is 29.8 Å². The minimum atomic E-state index is -0.507. The van der Waals surface area contributed by atoms with Gasteiger partial charge in [0.15, 0.2) is 0 Å². The lowest BCUT2D eigenvalue weighted by molar-refractivity contribution is -0.143. The summed E-state index contributed by atoms with van der Waals surface area (Å²) in [4.78, 5) is 37.7. The van der Waals surface area contributed by atoms with Crippen LogP contribution in [0.25, 0.3) is 0 Å². The number of rotatable bonds is 8. The van der Waals surface area contributed by atoms with Crippen molar-refractivity contribution in [2.24, 2.45) is 0 Å². The van der Waals surface area contributed by atoms with Crippen molar-refractivity contribution in [3.05, 3.63) is 35.4 Å². The quantitative estimate of drug-likeness (QED) is 0.668. The smallest absolute Gasteiger partial charge is 0.307 e. The fourth-order valence-corrected chi connectivity index (χ4v) is 2.89. The normalized spacial score (nSPS) is 17.5. The molecule has 0 spiro atoms. The molecular weight excluding hydrogens is 334 g/mol. The van der Waals surface area contributed by atoms with E-state index < -0.39 is 6.04 Å². The van der Waals surface area contributed by atoms with Crippen molar-refractivity contribution < 1.29 is 19.1 Å². The first-order chi connectivity index (χ1) is 12.5. The van der Waals surface area contributed by atoms with E-state index in [9.17, 15) is 14.4 Å². The van der Waals surface area contributed by atoms with Crippen LogP contribution in [0, 0.1) is 6.92 Å². The highest BCUT2D eigenvalue weighted by atomic mass is 16.5. The number of nitrogens with zero attached hydrogens (tertiary/aromatic N) is 1. The number of nitrogens with one attached hydrogen (secondary N) is 2. The summed E-state index contributed by atoms with van der Waals surface area (Å²) in [5, 5.41) is 5.50. The minimum absolute atomic E-state index is 0.0700. The zero-order valence-corrected chi connectivity index (χ0v) is 15.4. The van der Waals surface area contributed by atoms with Gasteiger partial charge in [0.2, 0.25) is 11.8 Å². The van der Waals surface area contributed by atoms with Crippen molar-refractivity contribution in [2.75, 3.05) is 26.2 Å². The van der Waals surface area contributed by atoms with E-state index >= 15 is 0 Å². The summed E-state index contributed by atoms with van der Waals surface area (Å²) in [6.07, 6.45) is 0.198. The van der Waals surface area contributed by atoms with Crippen LogP contribution in [0.5, 0.6) is 0 Å². The van der Waals surface area contributed by atoms with E-state index in [0.717, 1.165) is 5.56 Å². The van der Waals surface area contributed by atoms with Crippen LogP contribution < -0.4 is 10.6 Å². The Balaban J connectivity index is 1.88. The van der Waals surface area contributed by atoms with Crippen LogP contribution in [-0.2, 0) is 25.7 Å². The van der Waals surface area contributed by atoms with Gasteiger partial charge in [-0.05, 0) is 19.4 Å². The number of amides is 2. The zero-order chi connectivity index (χ0) is 18.9. The number of ether oxygens (including phenoxy) is 1. The van der Waals surface area contributed by atoms with E-state index in [1.807, 2.05) is 36.1 Å². The van der Waals surface area contributed by atoms with Crippen molar-refractivity contribution >= 4 is 17.8 Å². The van der Waals surface area contributed by atoms with Crippen LogP contribution in [0.2, 0.25) is 0 Å². The molecule has 2 N–H and O–H groups in total. The standard InChI is InChI=1S/C19H27N3O4/c1-3-26-18(24)8-9-20-17(23)12-16-19(25)21-10-11-22(16)13-15-6-4-14(2)5-7-15/h4-7,16H,3,8-13H2,1-2H3,(H,20,23)(H,21,25)/t16-/m0/s1. The van der Waals surface area contributed by atoms with Gasteiger partial charge < -0.3 is 15.4 Å². The molecular formula is C19H27N3O4. The first-order valence-electron chi connectivity index (χ1n) is 8.99. The SMILES string of the molecule is CCOC(=O)CCNC(=O)C[C@H]1C(=O)NCCN1Cc1ccc(C)cc1. The Morgan fingerprint density at radius 1 is 1.31 bits per heavy atom. The molecule has 1 aromatic rings. The predicted octanol–water partition coefficient (Wildman–Crippen LogP) is 0.755. The number of piperazine rings is 1. The molecule has 0 radical (unpaired) electrons. The topological polar surface area (TPSA) is 87.7 Å². The zero-order valence-electron chi connectivity index (χ0n) is 15.4. The lowest BCUT2D eigenvalue weighted by Gasteiger charge is -2.34. The second kappa shape index (κ2) is 9.91. The average Bonchev–Trinajstić information content (AvgIpc) is 2.60. The van der Waals surface area contributed by atoms with Gasteiger partial charge in [0.05, 0.1) is 25.5 Å². The molecule has 1 aliphatic heterocycles. The third-order valence-electron chi connectivity index (χ3n) is 4.28. The maximum atomic E-state index is 12.2. The molecule has 0 bridgehead atoms. The highest BCUT2D eigenvalue weighted by Gasteiger charge is 2.31. The fourth-order valence-electron chi connectivity index (χ4n) is 2.89. The molecule has 0 unspecified atom stereocenters. The second-order valence-corrected chi connectivity index (χ2v) is 6.37. The van der Waals surface area contributed by atoms with Gasteiger partial charge in [0, 0.05) is 26.2 Å². The molecule has 0 saturated carbocycles. The van der Waals surface area contributed by atoms with E-state index in [-0.39, 0.29) is 37.2 Å². The van der Waals surface area contributed by atoms with Crippen molar-refractivity contribution in [3.8, 4) is 0 Å².